The molecule has 0 unspecified atom stereocenters. The first-order chi connectivity index (χ1) is 10.1. The maximum Gasteiger partial charge on any atom is 0.307 e. The van der Waals surface area contributed by atoms with Gasteiger partial charge in [0, 0.05) is 11.3 Å². The highest BCUT2D eigenvalue weighted by atomic mass is 16.5. The van der Waals surface area contributed by atoms with E-state index in [2.05, 4.69) is 5.32 Å². The molecular weight excluding hydrogens is 282 g/mol. The lowest BCUT2D eigenvalue weighted by atomic mass is 9.92. The van der Waals surface area contributed by atoms with Crippen LogP contribution in [0.15, 0.2) is 24.3 Å². The van der Waals surface area contributed by atoms with Gasteiger partial charge < -0.3 is 10.1 Å². The van der Waals surface area contributed by atoms with E-state index in [9.17, 15) is 14.4 Å². The van der Waals surface area contributed by atoms with Crippen LogP contribution >= 0.6 is 0 Å². The highest BCUT2D eigenvalue weighted by Gasteiger charge is 2.22. The second-order valence-electron chi connectivity index (χ2n) is 6.50. The maximum absolute atomic E-state index is 12.0. The van der Waals surface area contributed by atoms with Crippen LogP contribution in [-0.2, 0) is 14.3 Å². The average molecular weight is 305 g/mol. The van der Waals surface area contributed by atoms with Gasteiger partial charge in [0.05, 0.1) is 6.42 Å². The Morgan fingerprint density at radius 2 is 1.86 bits per heavy atom. The molecule has 5 nitrogen and oxygen atoms in total. The quantitative estimate of drug-likeness (QED) is 0.670. The van der Waals surface area contributed by atoms with E-state index in [1.54, 1.807) is 24.3 Å². The second kappa shape index (κ2) is 7.20. The molecule has 1 amide bonds. The van der Waals surface area contributed by atoms with Crippen molar-refractivity contribution in [2.24, 2.45) is 5.41 Å². The molecule has 0 fully saturated rings. The van der Waals surface area contributed by atoms with E-state index in [0.717, 1.165) is 0 Å². The van der Waals surface area contributed by atoms with Crippen molar-refractivity contribution >= 4 is 23.3 Å². The number of hydrogen-bond acceptors (Lipinski definition) is 4. The van der Waals surface area contributed by atoms with Gasteiger partial charge in [-0.15, -0.1) is 0 Å². The molecule has 0 heterocycles. The van der Waals surface area contributed by atoms with E-state index in [1.165, 1.54) is 13.8 Å². The fourth-order valence-electron chi connectivity index (χ4n) is 1.79. The molecule has 0 aliphatic heterocycles. The van der Waals surface area contributed by atoms with Crippen molar-refractivity contribution in [2.75, 3.05) is 5.32 Å². The minimum atomic E-state index is -0.893. The number of hydrogen-bond donors (Lipinski definition) is 1. The molecule has 0 spiro atoms. The van der Waals surface area contributed by atoms with Crippen molar-refractivity contribution < 1.29 is 19.1 Å². The van der Waals surface area contributed by atoms with E-state index in [1.807, 2.05) is 20.8 Å². The van der Waals surface area contributed by atoms with Crippen LogP contribution in [0.3, 0.4) is 0 Å². The number of nitrogens with one attached hydrogen (secondary N) is 1. The molecule has 0 saturated heterocycles. The molecule has 5 heteroatoms. The minimum absolute atomic E-state index is 0.0826. The Hall–Kier alpha value is -2.17. The summed E-state index contributed by atoms with van der Waals surface area (Å²) in [6.45, 7) is 8.74. The Labute approximate surface area is 131 Å². The number of ether oxygens (including phenoxy) is 1. The molecule has 1 aromatic carbocycles. The zero-order chi connectivity index (χ0) is 16.9. The van der Waals surface area contributed by atoms with Crippen molar-refractivity contribution in [1.29, 1.82) is 0 Å². The summed E-state index contributed by atoms with van der Waals surface area (Å²) in [6.07, 6.45) is -0.652. The first-order valence-electron chi connectivity index (χ1n) is 7.20. The number of carbonyl (C=O) groups is 3. The molecule has 1 N–H and O–H groups in total. The number of rotatable bonds is 5. The molecule has 1 atom stereocenters. The Morgan fingerprint density at radius 1 is 1.23 bits per heavy atom. The van der Waals surface area contributed by atoms with Crippen LogP contribution < -0.4 is 5.32 Å². The minimum Gasteiger partial charge on any atom is -0.453 e. The van der Waals surface area contributed by atoms with Crippen molar-refractivity contribution in [2.45, 2.75) is 47.1 Å². The van der Waals surface area contributed by atoms with Gasteiger partial charge in [-0.2, -0.15) is 0 Å². The summed E-state index contributed by atoms with van der Waals surface area (Å²) < 4.78 is 5.12. The molecule has 1 aromatic rings. The van der Waals surface area contributed by atoms with Gasteiger partial charge in [-0.25, -0.2) is 0 Å². The normalized spacial score (nSPS) is 12.4. The zero-order valence-corrected chi connectivity index (χ0v) is 13.7. The fourth-order valence-corrected chi connectivity index (χ4v) is 1.79. The molecule has 0 aromatic heterocycles. The van der Waals surface area contributed by atoms with E-state index in [-0.39, 0.29) is 17.6 Å². The molecule has 0 saturated carbocycles. The van der Waals surface area contributed by atoms with Crippen LogP contribution in [0.2, 0.25) is 0 Å². The second-order valence-corrected chi connectivity index (χ2v) is 6.50. The van der Waals surface area contributed by atoms with Gasteiger partial charge in [0.25, 0.3) is 5.91 Å². The monoisotopic (exact) mass is 305 g/mol. The summed E-state index contributed by atoms with van der Waals surface area (Å²) in [5.74, 6) is -0.920. The van der Waals surface area contributed by atoms with Gasteiger partial charge in [-0.05, 0) is 31.4 Å². The zero-order valence-electron chi connectivity index (χ0n) is 13.7. The third-order valence-electron chi connectivity index (χ3n) is 2.89. The Bertz CT molecular complexity index is 572. The SMILES string of the molecule is CC(=O)c1cccc(NC(=O)[C@@H](C)OC(=O)CC(C)(C)C)c1. The van der Waals surface area contributed by atoms with Gasteiger partial charge in [-0.3, -0.25) is 14.4 Å². The summed E-state index contributed by atoms with van der Waals surface area (Å²) in [5.41, 5.74) is 0.815. The summed E-state index contributed by atoms with van der Waals surface area (Å²) in [5, 5.41) is 2.64. The third kappa shape index (κ3) is 6.08. The van der Waals surface area contributed by atoms with Crippen LogP contribution in [0.4, 0.5) is 5.69 Å². The van der Waals surface area contributed by atoms with Crippen LogP contribution in [0, 0.1) is 5.41 Å². The van der Waals surface area contributed by atoms with Gasteiger partial charge in [0.2, 0.25) is 0 Å². The van der Waals surface area contributed by atoms with Gasteiger partial charge >= 0.3 is 5.97 Å². The third-order valence-corrected chi connectivity index (χ3v) is 2.89. The van der Waals surface area contributed by atoms with Crippen molar-refractivity contribution in [3.63, 3.8) is 0 Å². The lowest BCUT2D eigenvalue weighted by molar-refractivity contribution is -0.154. The molecule has 0 bridgehead atoms. The van der Waals surface area contributed by atoms with Crippen LogP contribution in [-0.4, -0.2) is 23.8 Å². The topological polar surface area (TPSA) is 72.5 Å². The van der Waals surface area contributed by atoms with E-state index in [0.29, 0.717) is 11.3 Å². The number of anilines is 1. The number of benzene rings is 1. The molecule has 22 heavy (non-hydrogen) atoms. The highest BCUT2D eigenvalue weighted by Crippen LogP contribution is 2.19. The number of ketones is 1. The first kappa shape index (κ1) is 17.9. The largest absolute Gasteiger partial charge is 0.453 e. The van der Waals surface area contributed by atoms with E-state index >= 15 is 0 Å². The number of esters is 1. The Kier molecular flexibility index (Phi) is 5.85. The first-order valence-corrected chi connectivity index (χ1v) is 7.20. The predicted octanol–water partition coefficient (Wildman–Crippen LogP) is 3.20. The number of carbonyl (C=O) groups excluding carboxylic acids is 3. The van der Waals surface area contributed by atoms with Gasteiger partial charge in [-0.1, -0.05) is 32.9 Å². The lowest BCUT2D eigenvalue weighted by Crippen LogP contribution is -2.31. The van der Waals surface area contributed by atoms with Crippen molar-refractivity contribution in [3.8, 4) is 0 Å². The van der Waals surface area contributed by atoms with Crippen LogP contribution in [0.25, 0.3) is 0 Å². The molecule has 120 valence electrons. The fraction of sp³-hybridized carbons (Fsp3) is 0.471. The molecular formula is C17H23NO4. The van der Waals surface area contributed by atoms with E-state index in [4.69, 9.17) is 4.74 Å². The number of Topliss-reactive ketones (excluding diaryl/α,β-unsaturated/α-hetero) is 1. The number of amides is 1. The summed E-state index contributed by atoms with van der Waals surface area (Å²) >= 11 is 0. The Morgan fingerprint density at radius 3 is 2.41 bits per heavy atom. The smallest absolute Gasteiger partial charge is 0.307 e. The standard InChI is InChI=1S/C17H23NO4/c1-11(19)13-7-6-8-14(9-13)18-16(21)12(2)22-15(20)10-17(3,4)5/h6-9,12H,10H2,1-5H3,(H,18,21)/t12-/m1/s1. The molecule has 1 rings (SSSR count). The lowest BCUT2D eigenvalue weighted by Gasteiger charge is -2.19. The van der Waals surface area contributed by atoms with Crippen LogP contribution in [0.1, 0.15) is 51.4 Å². The maximum atomic E-state index is 12.0. The highest BCUT2D eigenvalue weighted by molar-refractivity contribution is 5.98. The summed E-state index contributed by atoms with van der Waals surface area (Å²) in [7, 11) is 0. The van der Waals surface area contributed by atoms with Gasteiger partial charge in [0.1, 0.15) is 0 Å². The van der Waals surface area contributed by atoms with Gasteiger partial charge in [0.15, 0.2) is 11.9 Å². The van der Waals surface area contributed by atoms with E-state index < -0.39 is 18.0 Å². The van der Waals surface area contributed by atoms with Crippen molar-refractivity contribution in [3.05, 3.63) is 29.8 Å². The molecule has 0 aliphatic rings. The Balaban J connectivity index is 2.63. The average Bonchev–Trinajstić information content (AvgIpc) is 2.36. The van der Waals surface area contributed by atoms with Crippen LogP contribution in [0.5, 0.6) is 0 Å². The molecule has 0 radical (unpaired) electrons. The molecule has 0 aliphatic carbocycles. The summed E-state index contributed by atoms with van der Waals surface area (Å²) in [4.78, 5) is 35.1. The predicted molar refractivity (Wildman–Crippen MR) is 84.7 cm³/mol. The van der Waals surface area contributed by atoms with Crippen molar-refractivity contribution in [1.82, 2.24) is 0 Å². The summed E-state index contributed by atoms with van der Waals surface area (Å²) in [6, 6.07) is 6.62.